The van der Waals surface area contributed by atoms with Crippen LogP contribution in [0.25, 0.3) is 0 Å². The number of methoxy groups -OCH3 is 1. The van der Waals surface area contributed by atoms with Crippen molar-refractivity contribution < 1.29 is 9.53 Å². The number of amides is 1. The first kappa shape index (κ1) is 19.1. The summed E-state index contributed by atoms with van der Waals surface area (Å²) in [5.41, 5.74) is 5.89. The van der Waals surface area contributed by atoms with Crippen LogP contribution < -0.4 is 10.5 Å². The first-order chi connectivity index (χ1) is 9.97. The number of halogens is 1. The normalized spacial score (nSPS) is 22.1. The third kappa shape index (κ3) is 4.54. The van der Waals surface area contributed by atoms with E-state index in [2.05, 4.69) is 6.92 Å². The van der Waals surface area contributed by atoms with Crippen molar-refractivity contribution in [3.05, 3.63) is 24.3 Å². The fourth-order valence-corrected chi connectivity index (χ4v) is 3.50. The minimum atomic E-state index is -0.0847. The molecule has 1 aliphatic rings. The van der Waals surface area contributed by atoms with Crippen LogP contribution in [0, 0.1) is 5.41 Å². The van der Waals surface area contributed by atoms with Crippen molar-refractivity contribution in [1.82, 2.24) is 4.90 Å². The second kappa shape index (κ2) is 8.09. The van der Waals surface area contributed by atoms with Crippen molar-refractivity contribution >= 4 is 30.1 Å². The lowest BCUT2D eigenvalue weighted by atomic mass is 9.90. The number of hydrogen-bond donors (Lipinski definition) is 1. The summed E-state index contributed by atoms with van der Waals surface area (Å²) in [4.78, 5) is 15.5. The molecule has 6 heteroatoms. The van der Waals surface area contributed by atoms with Gasteiger partial charge in [0, 0.05) is 18.0 Å². The van der Waals surface area contributed by atoms with Crippen molar-refractivity contribution in [2.75, 3.05) is 26.7 Å². The Balaban J connectivity index is 0.00000242. The summed E-state index contributed by atoms with van der Waals surface area (Å²) in [5, 5.41) is -0.0847. The topological polar surface area (TPSA) is 55.6 Å². The summed E-state index contributed by atoms with van der Waals surface area (Å²) in [5.74, 6) is 1.03. The Hall–Kier alpha value is -0.910. The highest BCUT2D eigenvalue weighted by Crippen LogP contribution is 2.32. The molecular formula is C16H25ClN2O2S. The molecule has 124 valence electrons. The average Bonchev–Trinajstić information content (AvgIpc) is 2.90. The molecule has 1 saturated heterocycles. The van der Waals surface area contributed by atoms with Crippen LogP contribution in [-0.2, 0) is 4.79 Å². The smallest absolute Gasteiger partial charge is 0.235 e. The largest absolute Gasteiger partial charge is 0.497 e. The maximum atomic E-state index is 12.5. The number of benzene rings is 1. The van der Waals surface area contributed by atoms with E-state index in [-0.39, 0.29) is 29.0 Å². The van der Waals surface area contributed by atoms with Crippen molar-refractivity contribution in [1.29, 1.82) is 0 Å². The van der Waals surface area contributed by atoms with E-state index in [4.69, 9.17) is 10.5 Å². The molecule has 0 aliphatic carbocycles. The van der Waals surface area contributed by atoms with E-state index >= 15 is 0 Å². The highest BCUT2D eigenvalue weighted by molar-refractivity contribution is 8.00. The van der Waals surface area contributed by atoms with Gasteiger partial charge in [-0.3, -0.25) is 4.79 Å². The van der Waals surface area contributed by atoms with Gasteiger partial charge in [-0.15, -0.1) is 24.2 Å². The molecule has 4 nitrogen and oxygen atoms in total. The SMILES string of the molecule is COc1ccc(SC(C)C(=O)N2CCC(C)(CN)C2)cc1.Cl. The molecule has 0 aromatic heterocycles. The minimum Gasteiger partial charge on any atom is -0.497 e. The van der Waals surface area contributed by atoms with Gasteiger partial charge in [-0.2, -0.15) is 0 Å². The molecule has 1 aromatic carbocycles. The molecule has 0 saturated carbocycles. The lowest BCUT2D eigenvalue weighted by molar-refractivity contribution is -0.129. The standard InChI is InChI=1S/C16H24N2O2S.ClH/c1-12(21-14-6-4-13(20-3)5-7-14)15(19)18-9-8-16(2,10-17)11-18;/h4-7,12H,8-11,17H2,1-3H3;1H. The fraction of sp³-hybridized carbons (Fsp3) is 0.562. The van der Waals surface area contributed by atoms with Crippen LogP contribution in [0.4, 0.5) is 0 Å². The Morgan fingerprint density at radius 3 is 2.59 bits per heavy atom. The summed E-state index contributed by atoms with van der Waals surface area (Å²) in [7, 11) is 1.65. The number of nitrogens with zero attached hydrogens (tertiary/aromatic N) is 1. The average molecular weight is 345 g/mol. The van der Waals surface area contributed by atoms with Crippen molar-refractivity contribution in [2.45, 2.75) is 30.4 Å². The second-order valence-electron chi connectivity index (χ2n) is 5.96. The van der Waals surface area contributed by atoms with Gasteiger partial charge in [-0.05, 0) is 49.6 Å². The summed E-state index contributed by atoms with van der Waals surface area (Å²) in [6.45, 7) is 6.35. The summed E-state index contributed by atoms with van der Waals surface area (Å²) >= 11 is 1.59. The highest BCUT2D eigenvalue weighted by atomic mass is 35.5. The van der Waals surface area contributed by atoms with Crippen molar-refractivity contribution in [3.8, 4) is 5.75 Å². The first-order valence-corrected chi connectivity index (χ1v) is 8.15. The van der Waals surface area contributed by atoms with Gasteiger partial charge in [0.25, 0.3) is 0 Å². The number of thioether (sulfide) groups is 1. The van der Waals surface area contributed by atoms with Gasteiger partial charge in [0.1, 0.15) is 5.75 Å². The fourth-order valence-electron chi connectivity index (χ4n) is 2.54. The Labute approximate surface area is 143 Å². The van der Waals surface area contributed by atoms with Gasteiger partial charge in [0.05, 0.1) is 12.4 Å². The molecule has 2 unspecified atom stereocenters. The zero-order valence-electron chi connectivity index (χ0n) is 13.4. The molecule has 1 aliphatic heterocycles. The number of carbonyl (C=O) groups excluding carboxylic acids is 1. The molecule has 0 radical (unpaired) electrons. The predicted octanol–water partition coefficient (Wildman–Crippen LogP) is 2.79. The lowest BCUT2D eigenvalue weighted by Crippen LogP contribution is -2.38. The van der Waals surface area contributed by atoms with Crippen LogP contribution in [0.5, 0.6) is 5.75 Å². The molecule has 2 rings (SSSR count). The van der Waals surface area contributed by atoms with Gasteiger partial charge in [0.15, 0.2) is 0 Å². The van der Waals surface area contributed by atoms with Crippen LogP contribution in [0.15, 0.2) is 29.2 Å². The van der Waals surface area contributed by atoms with E-state index in [1.165, 1.54) is 0 Å². The molecule has 2 N–H and O–H groups in total. The maximum absolute atomic E-state index is 12.5. The van der Waals surface area contributed by atoms with Crippen LogP contribution in [0.1, 0.15) is 20.3 Å². The van der Waals surface area contributed by atoms with E-state index in [1.54, 1.807) is 18.9 Å². The number of nitrogens with two attached hydrogens (primary N) is 1. The maximum Gasteiger partial charge on any atom is 0.235 e. The molecule has 22 heavy (non-hydrogen) atoms. The molecule has 2 atom stereocenters. The van der Waals surface area contributed by atoms with Crippen LogP contribution >= 0.6 is 24.2 Å². The van der Waals surface area contributed by atoms with Gasteiger partial charge in [-0.1, -0.05) is 6.92 Å². The predicted molar refractivity (Wildman–Crippen MR) is 93.9 cm³/mol. The van der Waals surface area contributed by atoms with E-state index in [9.17, 15) is 4.79 Å². The van der Waals surface area contributed by atoms with E-state index in [1.807, 2.05) is 36.1 Å². The van der Waals surface area contributed by atoms with E-state index in [0.717, 1.165) is 30.2 Å². The van der Waals surface area contributed by atoms with Crippen LogP contribution in [-0.4, -0.2) is 42.8 Å². The van der Waals surface area contributed by atoms with Gasteiger partial charge in [0.2, 0.25) is 5.91 Å². The highest BCUT2D eigenvalue weighted by Gasteiger charge is 2.36. The zero-order valence-corrected chi connectivity index (χ0v) is 15.0. The molecule has 0 bridgehead atoms. The Bertz CT molecular complexity index is 497. The third-order valence-corrected chi connectivity index (χ3v) is 5.18. The van der Waals surface area contributed by atoms with E-state index in [0.29, 0.717) is 6.54 Å². The molecule has 0 spiro atoms. The van der Waals surface area contributed by atoms with Gasteiger partial charge < -0.3 is 15.4 Å². The van der Waals surface area contributed by atoms with Crippen LogP contribution in [0.2, 0.25) is 0 Å². The zero-order chi connectivity index (χ0) is 15.5. The first-order valence-electron chi connectivity index (χ1n) is 7.27. The summed E-state index contributed by atoms with van der Waals surface area (Å²) in [6.07, 6.45) is 0.995. The van der Waals surface area contributed by atoms with Crippen molar-refractivity contribution in [2.24, 2.45) is 11.1 Å². The third-order valence-electron chi connectivity index (χ3n) is 4.08. The second-order valence-corrected chi connectivity index (χ2v) is 7.37. The number of hydrogen-bond acceptors (Lipinski definition) is 4. The molecule has 1 aromatic rings. The summed E-state index contributed by atoms with van der Waals surface area (Å²) in [6, 6.07) is 7.81. The number of carbonyl (C=O) groups is 1. The van der Waals surface area contributed by atoms with E-state index < -0.39 is 0 Å². The van der Waals surface area contributed by atoms with Crippen molar-refractivity contribution in [3.63, 3.8) is 0 Å². The molecule has 1 amide bonds. The Morgan fingerprint density at radius 2 is 2.09 bits per heavy atom. The monoisotopic (exact) mass is 344 g/mol. The minimum absolute atomic E-state index is 0. The van der Waals surface area contributed by atoms with Gasteiger partial charge in [-0.25, -0.2) is 0 Å². The van der Waals surface area contributed by atoms with Crippen LogP contribution in [0.3, 0.4) is 0 Å². The Morgan fingerprint density at radius 1 is 1.45 bits per heavy atom. The Kier molecular flexibility index (Phi) is 7.03. The molecule has 1 fully saturated rings. The summed E-state index contributed by atoms with van der Waals surface area (Å²) < 4.78 is 5.14. The van der Waals surface area contributed by atoms with Gasteiger partial charge >= 0.3 is 0 Å². The number of rotatable bonds is 5. The molecular weight excluding hydrogens is 320 g/mol. The molecule has 1 heterocycles. The number of ether oxygens (including phenoxy) is 1. The lowest BCUT2D eigenvalue weighted by Gasteiger charge is -2.24. The number of likely N-dealkylation sites (tertiary alicyclic amines) is 1. The quantitative estimate of drug-likeness (QED) is 0.834.